The SMILES string of the molecule is CCCc1nc2c3ccccc3n(Cc3ccccc3F)c(=O)n2n1. The maximum absolute atomic E-state index is 14.1. The molecule has 126 valence electrons. The van der Waals surface area contributed by atoms with Crippen molar-refractivity contribution >= 4 is 16.6 Å². The van der Waals surface area contributed by atoms with E-state index in [9.17, 15) is 9.18 Å². The number of para-hydroxylation sites is 1. The Morgan fingerprint density at radius 1 is 1.08 bits per heavy atom. The summed E-state index contributed by atoms with van der Waals surface area (Å²) in [6.45, 7) is 2.19. The summed E-state index contributed by atoms with van der Waals surface area (Å²) in [6, 6.07) is 14.0. The smallest absolute Gasteiger partial charge is 0.287 e. The van der Waals surface area contributed by atoms with Gasteiger partial charge in [0.25, 0.3) is 0 Å². The Labute approximate surface area is 143 Å². The standard InChI is InChI=1S/C19H17FN4O/c1-2-7-17-21-18-14-9-4-6-11-16(14)23(19(25)24(18)22-17)12-13-8-3-5-10-15(13)20/h3-6,8-11H,2,7,12H2,1H3. The summed E-state index contributed by atoms with van der Waals surface area (Å²) in [5.41, 5.74) is 1.42. The van der Waals surface area contributed by atoms with E-state index in [2.05, 4.69) is 10.1 Å². The second kappa shape index (κ2) is 6.12. The summed E-state index contributed by atoms with van der Waals surface area (Å²) in [4.78, 5) is 17.5. The van der Waals surface area contributed by atoms with Crippen LogP contribution in [-0.4, -0.2) is 19.2 Å². The predicted molar refractivity (Wildman–Crippen MR) is 94.3 cm³/mol. The molecule has 25 heavy (non-hydrogen) atoms. The molecule has 0 amide bonds. The van der Waals surface area contributed by atoms with Crippen molar-refractivity contribution in [1.29, 1.82) is 0 Å². The molecule has 2 aromatic heterocycles. The molecule has 2 aromatic carbocycles. The molecule has 4 aromatic rings. The van der Waals surface area contributed by atoms with Gasteiger partial charge in [-0.05, 0) is 24.6 Å². The molecule has 5 nitrogen and oxygen atoms in total. The molecule has 0 bridgehead atoms. The first-order chi connectivity index (χ1) is 12.2. The highest BCUT2D eigenvalue weighted by atomic mass is 19.1. The molecule has 0 saturated heterocycles. The number of nitrogens with zero attached hydrogens (tertiary/aromatic N) is 4. The van der Waals surface area contributed by atoms with E-state index in [-0.39, 0.29) is 18.1 Å². The average Bonchev–Trinajstić information content (AvgIpc) is 3.05. The van der Waals surface area contributed by atoms with Crippen molar-refractivity contribution in [1.82, 2.24) is 19.2 Å². The fourth-order valence-electron chi connectivity index (χ4n) is 3.06. The van der Waals surface area contributed by atoms with Crippen LogP contribution in [0.2, 0.25) is 0 Å². The normalized spacial score (nSPS) is 11.4. The first-order valence-electron chi connectivity index (χ1n) is 8.29. The predicted octanol–water partition coefficient (Wildman–Crippen LogP) is 3.18. The van der Waals surface area contributed by atoms with Gasteiger partial charge in [0.05, 0.1) is 12.1 Å². The number of rotatable bonds is 4. The number of fused-ring (bicyclic) bond motifs is 3. The van der Waals surface area contributed by atoms with Crippen LogP contribution >= 0.6 is 0 Å². The zero-order chi connectivity index (χ0) is 17.4. The van der Waals surface area contributed by atoms with E-state index in [1.165, 1.54) is 10.6 Å². The summed E-state index contributed by atoms with van der Waals surface area (Å²) in [5.74, 6) is 0.317. The van der Waals surface area contributed by atoms with E-state index < -0.39 is 0 Å². The van der Waals surface area contributed by atoms with Gasteiger partial charge in [0.15, 0.2) is 11.5 Å². The van der Waals surface area contributed by atoms with Gasteiger partial charge in [-0.3, -0.25) is 4.57 Å². The molecule has 6 heteroatoms. The molecule has 0 aliphatic heterocycles. The van der Waals surface area contributed by atoms with Crippen LogP contribution in [0.1, 0.15) is 24.7 Å². The first-order valence-corrected chi connectivity index (χ1v) is 8.29. The highest BCUT2D eigenvalue weighted by molar-refractivity contribution is 5.91. The third-order valence-corrected chi connectivity index (χ3v) is 4.26. The van der Waals surface area contributed by atoms with Gasteiger partial charge in [0.1, 0.15) is 5.82 Å². The van der Waals surface area contributed by atoms with Crippen LogP contribution in [0.3, 0.4) is 0 Å². The van der Waals surface area contributed by atoms with Gasteiger partial charge in [0, 0.05) is 17.4 Å². The summed E-state index contributed by atoms with van der Waals surface area (Å²) < 4.78 is 16.9. The molecule has 2 heterocycles. The van der Waals surface area contributed by atoms with Gasteiger partial charge in [-0.25, -0.2) is 14.2 Å². The fraction of sp³-hybridized carbons (Fsp3) is 0.211. The van der Waals surface area contributed by atoms with Gasteiger partial charge in [-0.1, -0.05) is 37.3 Å². The minimum atomic E-state index is -0.330. The molecule has 0 unspecified atom stereocenters. The van der Waals surface area contributed by atoms with Crippen molar-refractivity contribution in [3.63, 3.8) is 0 Å². The molecule has 0 atom stereocenters. The van der Waals surface area contributed by atoms with Crippen molar-refractivity contribution in [2.45, 2.75) is 26.3 Å². The maximum atomic E-state index is 14.1. The number of hydrogen-bond donors (Lipinski definition) is 0. The van der Waals surface area contributed by atoms with Gasteiger partial charge < -0.3 is 0 Å². The monoisotopic (exact) mass is 336 g/mol. The Morgan fingerprint density at radius 2 is 1.84 bits per heavy atom. The third-order valence-electron chi connectivity index (χ3n) is 4.26. The van der Waals surface area contributed by atoms with Crippen molar-refractivity contribution in [2.24, 2.45) is 0 Å². The number of aromatic nitrogens is 4. The highest BCUT2D eigenvalue weighted by Crippen LogP contribution is 2.19. The van der Waals surface area contributed by atoms with Crippen LogP contribution < -0.4 is 5.69 Å². The van der Waals surface area contributed by atoms with E-state index in [0.29, 0.717) is 23.5 Å². The van der Waals surface area contributed by atoms with Crippen LogP contribution in [0.5, 0.6) is 0 Å². The van der Waals surface area contributed by atoms with Gasteiger partial charge in [0.2, 0.25) is 0 Å². The van der Waals surface area contributed by atoms with E-state index in [4.69, 9.17) is 0 Å². The quantitative estimate of drug-likeness (QED) is 0.575. The first kappa shape index (κ1) is 15.5. The second-order valence-corrected chi connectivity index (χ2v) is 5.99. The van der Waals surface area contributed by atoms with Crippen molar-refractivity contribution < 1.29 is 4.39 Å². The largest absolute Gasteiger partial charge is 0.351 e. The lowest BCUT2D eigenvalue weighted by molar-refractivity contribution is 0.594. The number of benzene rings is 2. The Morgan fingerprint density at radius 3 is 2.64 bits per heavy atom. The minimum Gasteiger partial charge on any atom is -0.287 e. The van der Waals surface area contributed by atoms with Crippen LogP contribution in [0, 0.1) is 5.82 Å². The number of aryl methyl sites for hydroxylation is 1. The topological polar surface area (TPSA) is 52.2 Å². The second-order valence-electron chi connectivity index (χ2n) is 5.99. The van der Waals surface area contributed by atoms with Crippen LogP contribution in [0.25, 0.3) is 16.6 Å². The molecule has 0 N–H and O–H groups in total. The third kappa shape index (κ3) is 2.59. The number of hydrogen-bond acceptors (Lipinski definition) is 3. The Kier molecular flexibility index (Phi) is 3.80. The zero-order valence-electron chi connectivity index (χ0n) is 13.8. The molecule has 0 spiro atoms. The Bertz CT molecular complexity index is 1130. The van der Waals surface area contributed by atoms with E-state index in [1.54, 1.807) is 22.8 Å². The molecule has 0 fully saturated rings. The molecule has 0 radical (unpaired) electrons. The molecule has 0 aliphatic rings. The molecule has 0 aliphatic carbocycles. The van der Waals surface area contributed by atoms with Gasteiger partial charge >= 0.3 is 5.69 Å². The lowest BCUT2D eigenvalue weighted by atomic mass is 10.2. The lowest BCUT2D eigenvalue weighted by Crippen LogP contribution is -2.28. The van der Waals surface area contributed by atoms with E-state index in [0.717, 1.165) is 17.3 Å². The van der Waals surface area contributed by atoms with Gasteiger partial charge in [-0.15, -0.1) is 5.10 Å². The van der Waals surface area contributed by atoms with Crippen LogP contribution in [0.4, 0.5) is 4.39 Å². The van der Waals surface area contributed by atoms with Crippen LogP contribution in [-0.2, 0) is 13.0 Å². The summed E-state index contributed by atoms with van der Waals surface area (Å²) >= 11 is 0. The Hall–Kier alpha value is -3.02. The zero-order valence-corrected chi connectivity index (χ0v) is 13.8. The Balaban J connectivity index is 2.00. The van der Waals surface area contributed by atoms with Crippen molar-refractivity contribution in [3.8, 4) is 0 Å². The molecule has 4 rings (SSSR count). The fourth-order valence-corrected chi connectivity index (χ4v) is 3.06. The minimum absolute atomic E-state index is 0.144. The average molecular weight is 336 g/mol. The molecular weight excluding hydrogens is 319 g/mol. The van der Waals surface area contributed by atoms with E-state index in [1.807, 2.05) is 31.2 Å². The van der Waals surface area contributed by atoms with Crippen molar-refractivity contribution in [3.05, 3.63) is 76.2 Å². The van der Waals surface area contributed by atoms with E-state index >= 15 is 0 Å². The summed E-state index contributed by atoms with van der Waals surface area (Å²) in [7, 11) is 0. The number of halogens is 1. The molecular formula is C19H17FN4O. The highest BCUT2D eigenvalue weighted by Gasteiger charge is 2.15. The summed E-state index contributed by atoms with van der Waals surface area (Å²) in [6.07, 6.45) is 1.61. The van der Waals surface area contributed by atoms with Gasteiger partial charge in [-0.2, -0.15) is 4.52 Å². The lowest BCUT2D eigenvalue weighted by Gasteiger charge is -2.11. The maximum Gasteiger partial charge on any atom is 0.351 e. The van der Waals surface area contributed by atoms with Crippen molar-refractivity contribution in [2.75, 3.05) is 0 Å². The molecule has 0 saturated carbocycles. The van der Waals surface area contributed by atoms with Crippen LogP contribution in [0.15, 0.2) is 53.3 Å². The summed E-state index contributed by atoms with van der Waals surface area (Å²) in [5, 5.41) is 5.18.